The van der Waals surface area contributed by atoms with E-state index >= 15 is 0 Å². The van der Waals surface area contributed by atoms with Gasteiger partial charge >= 0.3 is 12.5 Å². The molecule has 2 rings (SSSR count). The SMILES string of the molecule is CCC(C)[C@H](c1ccccc1OC(F)(F)C(F)F)N1CCNCC1. The van der Waals surface area contributed by atoms with E-state index in [-0.39, 0.29) is 17.7 Å². The monoisotopic (exact) mass is 348 g/mol. The van der Waals surface area contributed by atoms with Gasteiger partial charge in [-0.2, -0.15) is 17.6 Å². The van der Waals surface area contributed by atoms with Crippen molar-refractivity contribution in [2.45, 2.75) is 38.8 Å². The summed E-state index contributed by atoms with van der Waals surface area (Å²) in [6.07, 6.45) is -7.53. The second-order valence-corrected chi connectivity index (χ2v) is 6.12. The topological polar surface area (TPSA) is 24.5 Å². The highest BCUT2D eigenvalue weighted by atomic mass is 19.3. The van der Waals surface area contributed by atoms with Gasteiger partial charge in [0.2, 0.25) is 0 Å². The van der Waals surface area contributed by atoms with Crippen molar-refractivity contribution in [2.75, 3.05) is 26.2 Å². The Morgan fingerprint density at radius 2 is 1.83 bits per heavy atom. The highest BCUT2D eigenvalue weighted by Gasteiger charge is 2.45. The molecule has 0 amide bonds. The molecule has 0 aromatic heterocycles. The van der Waals surface area contributed by atoms with E-state index in [2.05, 4.69) is 15.0 Å². The molecule has 0 bridgehead atoms. The molecule has 1 saturated heterocycles. The number of nitrogens with zero attached hydrogens (tertiary/aromatic N) is 1. The van der Waals surface area contributed by atoms with Gasteiger partial charge < -0.3 is 10.1 Å². The van der Waals surface area contributed by atoms with Crippen molar-refractivity contribution < 1.29 is 22.3 Å². The van der Waals surface area contributed by atoms with E-state index in [1.165, 1.54) is 12.1 Å². The number of benzene rings is 1. The van der Waals surface area contributed by atoms with Gasteiger partial charge in [-0.15, -0.1) is 0 Å². The fourth-order valence-electron chi connectivity index (χ4n) is 3.06. The van der Waals surface area contributed by atoms with Crippen LogP contribution in [0.5, 0.6) is 5.75 Å². The number of hydrogen-bond donors (Lipinski definition) is 1. The zero-order valence-corrected chi connectivity index (χ0v) is 13.9. The molecular formula is C17H24F4N2O. The van der Waals surface area contributed by atoms with Crippen molar-refractivity contribution in [3.63, 3.8) is 0 Å². The summed E-state index contributed by atoms with van der Waals surface area (Å²) < 4.78 is 56.3. The summed E-state index contributed by atoms with van der Waals surface area (Å²) in [5.74, 6) is -0.000319. The number of piperazine rings is 1. The Bertz CT molecular complexity index is 521. The molecule has 1 heterocycles. The van der Waals surface area contributed by atoms with Gasteiger partial charge in [-0.3, -0.25) is 4.90 Å². The third-order valence-corrected chi connectivity index (χ3v) is 4.47. The molecule has 1 unspecified atom stereocenters. The van der Waals surface area contributed by atoms with Gasteiger partial charge in [0.25, 0.3) is 0 Å². The van der Waals surface area contributed by atoms with Crippen molar-refractivity contribution >= 4 is 0 Å². The van der Waals surface area contributed by atoms with Gasteiger partial charge in [0, 0.05) is 37.8 Å². The summed E-state index contributed by atoms with van der Waals surface area (Å²) in [5.41, 5.74) is 0.536. The van der Waals surface area contributed by atoms with Crippen molar-refractivity contribution in [2.24, 2.45) is 5.92 Å². The molecule has 1 aliphatic heterocycles. The van der Waals surface area contributed by atoms with Crippen LogP contribution in [0, 0.1) is 5.92 Å². The van der Waals surface area contributed by atoms with Crippen LogP contribution in [0.25, 0.3) is 0 Å². The molecular weight excluding hydrogens is 324 g/mol. The van der Waals surface area contributed by atoms with Crippen LogP contribution in [-0.2, 0) is 0 Å². The summed E-state index contributed by atoms with van der Waals surface area (Å²) in [6.45, 7) is 7.22. The maximum absolute atomic E-state index is 13.4. The summed E-state index contributed by atoms with van der Waals surface area (Å²) >= 11 is 0. The van der Waals surface area contributed by atoms with Crippen LogP contribution in [0.1, 0.15) is 31.9 Å². The Morgan fingerprint density at radius 1 is 1.21 bits per heavy atom. The largest absolute Gasteiger partial charge is 0.461 e. The molecule has 0 saturated carbocycles. The van der Waals surface area contributed by atoms with Crippen LogP contribution in [0.15, 0.2) is 24.3 Å². The summed E-state index contributed by atoms with van der Waals surface area (Å²) in [6, 6.07) is 6.12. The van der Waals surface area contributed by atoms with Gasteiger partial charge in [0.1, 0.15) is 5.75 Å². The lowest BCUT2D eigenvalue weighted by Crippen LogP contribution is -2.46. The predicted octanol–water partition coefficient (Wildman–Crippen LogP) is 3.92. The number of rotatable bonds is 7. The Morgan fingerprint density at radius 3 is 2.42 bits per heavy atom. The molecule has 7 heteroatoms. The predicted molar refractivity (Wildman–Crippen MR) is 84.7 cm³/mol. The lowest BCUT2D eigenvalue weighted by atomic mass is 9.90. The fourth-order valence-corrected chi connectivity index (χ4v) is 3.06. The number of alkyl halides is 4. The molecule has 3 nitrogen and oxygen atoms in total. The zero-order valence-electron chi connectivity index (χ0n) is 13.9. The Labute approximate surface area is 140 Å². The van der Waals surface area contributed by atoms with E-state index in [0.29, 0.717) is 5.56 Å². The first-order chi connectivity index (χ1) is 11.4. The number of halogens is 4. The third kappa shape index (κ3) is 4.39. The van der Waals surface area contributed by atoms with Crippen molar-refractivity contribution in [3.05, 3.63) is 29.8 Å². The minimum atomic E-state index is -4.50. The van der Waals surface area contributed by atoms with Gasteiger partial charge in [0.15, 0.2) is 0 Å². The molecule has 1 fully saturated rings. The summed E-state index contributed by atoms with van der Waals surface area (Å²) in [5, 5.41) is 3.25. The van der Waals surface area contributed by atoms with Crippen molar-refractivity contribution in [3.8, 4) is 5.75 Å². The molecule has 136 valence electrons. The van der Waals surface area contributed by atoms with Crippen LogP contribution in [-0.4, -0.2) is 43.6 Å². The highest BCUT2D eigenvalue weighted by molar-refractivity contribution is 5.37. The molecule has 1 aliphatic rings. The molecule has 24 heavy (non-hydrogen) atoms. The molecule has 1 aromatic carbocycles. The highest BCUT2D eigenvalue weighted by Crippen LogP contribution is 2.39. The van der Waals surface area contributed by atoms with E-state index in [0.717, 1.165) is 32.6 Å². The fraction of sp³-hybridized carbons (Fsp3) is 0.647. The maximum atomic E-state index is 13.4. The van der Waals surface area contributed by atoms with Gasteiger partial charge in [-0.25, -0.2) is 0 Å². The Hall–Kier alpha value is -1.34. The average Bonchev–Trinajstić information content (AvgIpc) is 2.57. The maximum Gasteiger partial charge on any atom is 0.461 e. The smallest absolute Gasteiger partial charge is 0.428 e. The van der Waals surface area contributed by atoms with Crippen LogP contribution < -0.4 is 10.1 Å². The summed E-state index contributed by atoms with van der Waals surface area (Å²) in [7, 11) is 0. The summed E-state index contributed by atoms with van der Waals surface area (Å²) in [4.78, 5) is 2.20. The number of ether oxygens (including phenoxy) is 1. The first-order valence-electron chi connectivity index (χ1n) is 8.25. The van der Waals surface area contributed by atoms with E-state index < -0.39 is 12.5 Å². The van der Waals surface area contributed by atoms with Gasteiger partial charge in [0.05, 0.1) is 0 Å². The van der Waals surface area contributed by atoms with E-state index in [4.69, 9.17) is 0 Å². The number of nitrogens with one attached hydrogen (secondary N) is 1. The Kier molecular flexibility index (Phi) is 6.46. The van der Waals surface area contributed by atoms with E-state index in [9.17, 15) is 17.6 Å². The van der Waals surface area contributed by atoms with E-state index in [1.807, 2.05) is 13.8 Å². The number of hydrogen-bond acceptors (Lipinski definition) is 3. The number of para-hydroxylation sites is 1. The lowest BCUT2D eigenvalue weighted by Gasteiger charge is -2.39. The van der Waals surface area contributed by atoms with Crippen molar-refractivity contribution in [1.82, 2.24) is 10.2 Å². The minimum Gasteiger partial charge on any atom is -0.428 e. The van der Waals surface area contributed by atoms with E-state index in [1.54, 1.807) is 12.1 Å². The van der Waals surface area contributed by atoms with Crippen molar-refractivity contribution in [1.29, 1.82) is 0 Å². The molecule has 2 atom stereocenters. The Balaban J connectivity index is 2.35. The van der Waals surface area contributed by atoms with Gasteiger partial charge in [-0.1, -0.05) is 38.5 Å². The first kappa shape index (κ1) is 19.0. The molecule has 1 N–H and O–H groups in total. The molecule has 1 aromatic rings. The normalized spacial score (nSPS) is 19.3. The lowest BCUT2D eigenvalue weighted by molar-refractivity contribution is -0.253. The second-order valence-electron chi connectivity index (χ2n) is 6.12. The second kappa shape index (κ2) is 8.16. The first-order valence-corrected chi connectivity index (χ1v) is 8.25. The van der Waals surface area contributed by atoms with Crippen LogP contribution in [0.4, 0.5) is 17.6 Å². The third-order valence-electron chi connectivity index (χ3n) is 4.47. The van der Waals surface area contributed by atoms with Crippen LogP contribution >= 0.6 is 0 Å². The molecule has 0 spiro atoms. The molecule has 0 radical (unpaired) electrons. The van der Waals surface area contributed by atoms with Crippen LogP contribution in [0.3, 0.4) is 0 Å². The standard InChI is InChI=1S/C17H24F4N2O/c1-3-12(2)15(23-10-8-22-9-11-23)13-6-4-5-7-14(13)24-17(20,21)16(18)19/h4-7,12,15-16,22H,3,8-11H2,1-2H3/t12?,15-/m1/s1. The van der Waals surface area contributed by atoms with Crippen LogP contribution in [0.2, 0.25) is 0 Å². The average molecular weight is 348 g/mol. The zero-order chi connectivity index (χ0) is 17.7. The van der Waals surface area contributed by atoms with Gasteiger partial charge in [-0.05, 0) is 12.0 Å². The minimum absolute atomic E-state index is 0.151. The molecule has 0 aliphatic carbocycles. The quantitative estimate of drug-likeness (QED) is 0.756.